The predicted octanol–water partition coefficient (Wildman–Crippen LogP) is 2.72. The molecule has 0 radical (unpaired) electrons. The summed E-state index contributed by atoms with van der Waals surface area (Å²) < 4.78 is 1.41. The molecule has 0 saturated carbocycles. The standard InChI is InChI=1S/C12H20ClN3OS/c1-8(2)7-16-12(17)11(13)10(6-15-16)14-5-9(3)18-4/h6,8-9,14H,5,7H2,1-4H3. The predicted molar refractivity (Wildman–Crippen MR) is 79.8 cm³/mol. The van der Waals surface area contributed by atoms with Gasteiger partial charge < -0.3 is 5.32 Å². The van der Waals surface area contributed by atoms with Gasteiger partial charge in [-0.15, -0.1) is 0 Å². The van der Waals surface area contributed by atoms with Gasteiger partial charge in [0.05, 0.1) is 11.9 Å². The Kier molecular flexibility index (Phi) is 6.02. The molecule has 0 aliphatic rings. The minimum atomic E-state index is -0.229. The number of hydrogen-bond donors (Lipinski definition) is 1. The van der Waals surface area contributed by atoms with Crippen LogP contribution in [-0.2, 0) is 6.54 Å². The molecule has 1 rings (SSSR count). The van der Waals surface area contributed by atoms with Crippen LogP contribution in [0.4, 0.5) is 5.69 Å². The number of thioether (sulfide) groups is 1. The van der Waals surface area contributed by atoms with Crippen LogP contribution in [0.15, 0.2) is 11.0 Å². The van der Waals surface area contributed by atoms with Crippen molar-refractivity contribution in [2.45, 2.75) is 32.6 Å². The van der Waals surface area contributed by atoms with Crippen molar-refractivity contribution >= 4 is 29.1 Å². The molecule has 0 aromatic carbocycles. The van der Waals surface area contributed by atoms with Gasteiger partial charge in [-0.25, -0.2) is 4.68 Å². The highest BCUT2D eigenvalue weighted by Gasteiger charge is 2.10. The molecule has 1 N–H and O–H groups in total. The number of halogens is 1. The Bertz CT molecular complexity index is 447. The lowest BCUT2D eigenvalue weighted by Gasteiger charge is -2.13. The molecule has 102 valence electrons. The van der Waals surface area contributed by atoms with E-state index in [1.807, 2.05) is 20.1 Å². The minimum Gasteiger partial charge on any atom is -0.381 e. The zero-order chi connectivity index (χ0) is 13.7. The van der Waals surface area contributed by atoms with Crippen LogP contribution in [0, 0.1) is 5.92 Å². The fourth-order valence-electron chi connectivity index (χ4n) is 1.40. The normalized spacial score (nSPS) is 12.8. The fourth-order valence-corrected chi connectivity index (χ4v) is 1.86. The van der Waals surface area contributed by atoms with Crippen LogP contribution in [0.25, 0.3) is 0 Å². The van der Waals surface area contributed by atoms with Crippen LogP contribution < -0.4 is 10.9 Å². The molecule has 1 atom stereocenters. The fraction of sp³-hybridized carbons (Fsp3) is 0.667. The Morgan fingerprint density at radius 3 is 2.72 bits per heavy atom. The van der Waals surface area contributed by atoms with Gasteiger partial charge in [0, 0.05) is 18.3 Å². The Morgan fingerprint density at radius 2 is 2.17 bits per heavy atom. The maximum absolute atomic E-state index is 12.0. The summed E-state index contributed by atoms with van der Waals surface area (Å²) in [5, 5.41) is 7.97. The number of nitrogens with one attached hydrogen (secondary N) is 1. The number of rotatable bonds is 6. The third-order valence-electron chi connectivity index (χ3n) is 2.51. The first-order valence-corrected chi connectivity index (χ1v) is 7.64. The van der Waals surface area contributed by atoms with Gasteiger partial charge in [-0.2, -0.15) is 16.9 Å². The van der Waals surface area contributed by atoms with Crippen molar-refractivity contribution in [3.8, 4) is 0 Å². The van der Waals surface area contributed by atoms with E-state index in [1.165, 1.54) is 4.68 Å². The molecule has 0 saturated heterocycles. The van der Waals surface area contributed by atoms with Gasteiger partial charge in [0.2, 0.25) is 0 Å². The van der Waals surface area contributed by atoms with E-state index in [9.17, 15) is 4.79 Å². The SMILES string of the molecule is CSC(C)CNc1cnn(CC(C)C)c(=O)c1Cl. The van der Waals surface area contributed by atoms with Crippen molar-refractivity contribution in [1.82, 2.24) is 9.78 Å². The highest BCUT2D eigenvalue weighted by atomic mass is 35.5. The zero-order valence-corrected chi connectivity index (χ0v) is 12.8. The van der Waals surface area contributed by atoms with Crippen molar-refractivity contribution in [3.63, 3.8) is 0 Å². The summed E-state index contributed by atoms with van der Waals surface area (Å²) in [4.78, 5) is 12.0. The maximum atomic E-state index is 12.0. The second-order valence-electron chi connectivity index (χ2n) is 4.68. The van der Waals surface area contributed by atoms with Gasteiger partial charge in [0.15, 0.2) is 0 Å². The lowest BCUT2D eigenvalue weighted by Crippen LogP contribution is -2.26. The van der Waals surface area contributed by atoms with Crippen LogP contribution in [0.3, 0.4) is 0 Å². The van der Waals surface area contributed by atoms with Gasteiger partial charge >= 0.3 is 0 Å². The summed E-state index contributed by atoms with van der Waals surface area (Å²) in [5.74, 6) is 0.363. The van der Waals surface area contributed by atoms with Gasteiger partial charge in [0.25, 0.3) is 5.56 Å². The van der Waals surface area contributed by atoms with Crippen LogP contribution in [0.5, 0.6) is 0 Å². The smallest absolute Gasteiger partial charge is 0.287 e. The van der Waals surface area contributed by atoms with E-state index in [2.05, 4.69) is 17.3 Å². The molecular weight excluding hydrogens is 270 g/mol. The van der Waals surface area contributed by atoms with E-state index in [0.717, 1.165) is 6.54 Å². The molecule has 4 nitrogen and oxygen atoms in total. The largest absolute Gasteiger partial charge is 0.381 e. The monoisotopic (exact) mass is 289 g/mol. The maximum Gasteiger partial charge on any atom is 0.287 e. The molecule has 6 heteroatoms. The van der Waals surface area contributed by atoms with Crippen molar-refractivity contribution in [2.75, 3.05) is 18.1 Å². The van der Waals surface area contributed by atoms with E-state index in [0.29, 0.717) is 23.4 Å². The van der Waals surface area contributed by atoms with Gasteiger partial charge in [0.1, 0.15) is 5.02 Å². The molecular formula is C12H20ClN3OS. The number of hydrogen-bond acceptors (Lipinski definition) is 4. The topological polar surface area (TPSA) is 46.9 Å². The second-order valence-corrected chi connectivity index (χ2v) is 6.33. The molecule has 0 aliphatic carbocycles. The average Bonchev–Trinajstić information content (AvgIpc) is 2.33. The summed E-state index contributed by atoms with van der Waals surface area (Å²) >= 11 is 7.82. The first-order valence-electron chi connectivity index (χ1n) is 5.98. The lowest BCUT2D eigenvalue weighted by atomic mass is 10.2. The first kappa shape index (κ1) is 15.4. The molecule has 0 fully saturated rings. The van der Waals surface area contributed by atoms with Gasteiger partial charge in [-0.1, -0.05) is 32.4 Å². The molecule has 0 spiro atoms. The Hall–Kier alpha value is -0.680. The summed E-state index contributed by atoms with van der Waals surface area (Å²) in [7, 11) is 0. The Balaban J connectivity index is 2.84. The molecule has 1 heterocycles. The summed E-state index contributed by atoms with van der Waals surface area (Å²) in [6, 6.07) is 0. The number of aromatic nitrogens is 2. The van der Waals surface area contributed by atoms with Crippen LogP contribution >= 0.6 is 23.4 Å². The average molecular weight is 290 g/mol. The van der Waals surface area contributed by atoms with Crippen LogP contribution in [-0.4, -0.2) is 27.8 Å². The van der Waals surface area contributed by atoms with E-state index in [1.54, 1.807) is 18.0 Å². The highest BCUT2D eigenvalue weighted by Crippen LogP contribution is 2.16. The molecule has 0 aliphatic heterocycles. The van der Waals surface area contributed by atoms with E-state index >= 15 is 0 Å². The third kappa shape index (κ3) is 4.21. The van der Waals surface area contributed by atoms with Crippen molar-refractivity contribution in [3.05, 3.63) is 21.6 Å². The lowest BCUT2D eigenvalue weighted by molar-refractivity contribution is 0.464. The number of nitrogens with zero attached hydrogens (tertiary/aromatic N) is 2. The van der Waals surface area contributed by atoms with Crippen molar-refractivity contribution in [1.29, 1.82) is 0 Å². The molecule has 1 unspecified atom stereocenters. The van der Waals surface area contributed by atoms with E-state index in [-0.39, 0.29) is 10.6 Å². The van der Waals surface area contributed by atoms with Gasteiger partial charge in [-0.3, -0.25) is 4.79 Å². The Labute approximate surface area is 117 Å². The molecule has 1 aromatic heterocycles. The van der Waals surface area contributed by atoms with E-state index < -0.39 is 0 Å². The second kappa shape index (κ2) is 7.04. The quantitative estimate of drug-likeness (QED) is 0.875. The third-order valence-corrected chi connectivity index (χ3v) is 3.84. The minimum absolute atomic E-state index is 0.221. The molecule has 0 amide bonds. The summed E-state index contributed by atoms with van der Waals surface area (Å²) in [5.41, 5.74) is 0.384. The van der Waals surface area contributed by atoms with Crippen molar-refractivity contribution in [2.24, 2.45) is 5.92 Å². The zero-order valence-electron chi connectivity index (χ0n) is 11.2. The summed E-state index contributed by atoms with van der Waals surface area (Å²) in [6.45, 7) is 7.53. The molecule has 0 bridgehead atoms. The summed E-state index contributed by atoms with van der Waals surface area (Å²) in [6.07, 6.45) is 3.67. The van der Waals surface area contributed by atoms with Crippen molar-refractivity contribution < 1.29 is 0 Å². The number of anilines is 1. The van der Waals surface area contributed by atoms with E-state index in [4.69, 9.17) is 11.6 Å². The molecule has 1 aromatic rings. The van der Waals surface area contributed by atoms with Gasteiger partial charge in [-0.05, 0) is 12.2 Å². The highest BCUT2D eigenvalue weighted by molar-refractivity contribution is 7.99. The Morgan fingerprint density at radius 1 is 1.50 bits per heavy atom. The first-order chi connectivity index (χ1) is 8.45. The molecule has 18 heavy (non-hydrogen) atoms. The van der Waals surface area contributed by atoms with Crippen LogP contribution in [0.2, 0.25) is 5.02 Å². The van der Waals surface area contributed by atoms with Crippen LogP contribution in [0.1, 0.15) is 20.8 Å².